The quantitative estimate of drug-likeness (QED) is 0.197. The average Bonchev–Trinajstić information content (AvgIpc) is 2.75. The molecule has 0 spiro atoms. The molecule has 1 aromatic rings. The van der Waals surface area contributed by atoms with E-state index in [0.29, 0.717) is 0 Å². The van der Waals surface area contributed by atoms with Gasteiger partial charge < -0.3 is 5.32 Å². The first kappa shape index (κ1) is 27.2. The Morgan fingerprint density at radius 1 is 0.600 bits per heavy atom. The lowest BCUT2D eigenvalue weighted by Crippen LogP contribution is -2.40. The number of rotatable bonds is 21. The molecule has 0 heterocycles. The van der Waals surface area contributed by atoms with Crippen molar-refractivity contribution in [2.24, 2.45) is 0 Å². The predicted molar refractivity (Wildman–Crippen MR) is 136 cm³/mol. The van der Waals surface area contributed by atoms with Gasteiger partial charge in [-0.05, 0) is 45.2 Å². The number of hydrogen-bond acceptors (Lipinski definition) is 1. The van der Waals surface area contributed by atoms with Crippen molar-refractivity contribution >= 4 is 0 Å². The summed E-state index contributed by atoms with van der Waals surface area (Å²) >= 11 is 0. The van der Waals surface area contributed by atoms with Crippen molar-refractivity contribution < 1.29 is 0 Å². The summed E-state index contributed by atoms with van der Waals surface area (Å²) in [6.45, 7) is 8.16. The van der Waals surface area contributed by atoms with E-state index in [1.165, 1.54) is 128 Å². The van der Waals surface area contributed by atoms with E-state index in [1.807, 2.05) is 0 Å². The molecule has 0 aliphatic carbocycles. The number of hydrogen-bond donors (Lipinski definition) is 1. The summed E-state index contributed by atoms with van der Waals surface area (Å²) in [5, 5.41) is 3.78. The highest BCUT2D eigenvalue weighted by Gasteiger charge is 2.15. The molecule has 1 N–H and O–H groups in total. The van der Waals surface area contributed by atoms with E-state index in [4.69, 9.17) is 0 Å². The summed E-state index contributed by atoms with van der Waals surface area (Å²) in [6.07, 6.45) is 25.4. The maximum atomic E-state index is 3.78. The van der Waals surface area contributed by atoms with Crippen LogP contribution < -0.4 is 5.32 Å². The Morgan fingerprint density at radius 3 is 1.50 bits per heavy atom. The van der Waals surface area contributed by atoms with Gasteiger partial charge in [0.25, 0.3) is 0 Å². The highest BCUT2D eigenvalue weighted by Crippen LogP contribution is 2.15. The first-order valence-electron chi connectivity index (χ1n) is 13.4. The normalized spacial score (nSPS) is 11.8. The van der Waals surface area contributed by atoms with Crippen LogP contribution in [-0.4, -0.2) is 12.1 Å². The second kappa shape index (κ2) is 18.9. The van der Waals surface area contributed by atoms with Gasteiger partial charge in [0.15, 0.2) is 0 Å². The van der Waals surface area contributed by atoms with Crippen LogP contribution in [0.1, 0.15) is 135 Å². The van der Waals surface area contributed by atoms with Crippen LogP contribution >= 0.6 is 0 Å². The van der Waals surface area contributed by atoms with Gasteiger partial charge in [0, 0.05) is 5.54 Å². The lowest BCUT2D eigenvalue weighted by atomic mass is 9.95. The molecule has 0 atom stereocenters. The number of nitrogens with one attached hydrogen (secondary N) is 1. The zero-order chi connectivity index (χ0) is 21.8. The van der Waals surface area contributed by atoms with Gasteiger partial charge in [0.05, 0.1) is 0 Å². The van der Waals surface area contributed by atoms with Crippen LogP contribution in [0, 0.1) is 0 Å². The van der Waals surface area contributed by atoms with E-state index in [2.05, 4.69) is 56.4 Å². The zero-order valence-electron chi connectivity index (χ0n) is 20.8. The van der Waals surface area contributed by atoms with E-state index >= 15 is 0 Å². The predicted octanol–water partition coefficient (Wildman–Crippen LogP) is 9.25. The Morgan fingerprint density at radius 2 is 1.03 bits per heavy atom. The van der Waals surface area contributed by atoms with E-state index in [0.717, 1.165) is 0 Å². The molecule has 174 valence electrons. The van der Waals surface area contributed by atoms with Gasteiger partial charge >= 0.3 is 0 Å². The molecule has 0 saturated carbocycles. The van der Waals surface area contributed by atoms with Crippen LogP contribution in [0.15, 0.2) is 30.3 Å². The monoisotopic (exact) mass is 415 g/mol. The molecule has 1 nitrogen and oxygen atoms in total. The maximum Gasteiger partial charge on any atom is 0.0128 e. The molecule has 0 aliphatic rings. The topological polar surface area (TPSA) is 12.0 Å². The summed E-state index contributed by atoms with van der Waals surface area (Å²) in [6, 6.07) is 10.9. The van der Waals surface area contributed by atoms with Gasteiger partial charge in [-0.15, -0.1) is 0 Å². The van der Waals surface area contributed by atoms with E-state index in [-0.39, 0.29) is 5.54 Å². The molecule has 0 saturated heterocycles. The van der Waals surface area contributed by atoms with Crippen molar-refractivity contribution in [3.05, 3.63) is 35.9 Å². The lowest BCUT2D eigenvalue weighted by molar-refractivity contribution is 0.357. The van der Waals surface area contributed by atoms with E-state index in [1.54, 1.807) is 0 Å². The summed E-state index contributed by atoms with van der Waals surface area (Å²) in [5.74, 6) is 0. The SMILES string of the molecule is CCCCCCCCCCCCCCCCCCNC(C)(C)CCc1ccccc1. The summed E-state index contributed by atoms with van der Waals surface area (Å²) in [7, 11) is 0. The third-order valence-electron chi connectivity index (χ3n) is 6.52. The number of unbranched alkanes of at least 4 members (excludes halogenated alkanes) is 15. The van der Waals surface area contributed by atoms with Crippen molar-refractivity contribution in [3.63, 3.8) is 0 Å². The summed E-state index contributed by atoms with van der Waals surface area (Å²) < 4.78 is 0. The number of benzene rings is 1. The van der Waals surface area contributed by atoms with Gasteiger partial charge in [-0.3, -0.25) is 0 Å². The second-order valence-electron chi connectivity index (χ2n) is 10.1. The molecule has 1 aromatic carbocycles. The fourth-order valence-electron chi connectivity index (χ4n) is 4.29. The van der Waals surface area contributed by atoms with Crippen LogP contribution in [-0.2, 0) is 6.42 Å². The molecule has 30 heavy (non-hydrogen) atoms. The van der Waals surface area contributed by atoms with Crippen LogP contribution in [0.4, 0.5) is 0 Å². The van der Waals surface area contributed by atoms with Crippen LogP contribution in [0.5, 0.6) is 0 Å². The highest BCUT2D eigenvalue weighted by atomic mass is 14.9. The fraction of sp³-hybridized carbons (Fsp3) is 0.793. The second-order valence-corrected chi connectivity index (χ2v) is 10.1. The molecule has 0 radical (unpaired) electrons. The van der Waals surface area contributed by atoms with Crippen molar-refractivity contribution in [1.82, 2.24) is 5.32 Å². The lowest BCUT2D eigenvalue weighted by Gasteiger charge is -2.26. The fourth-order valence-corrected chi connectivity index (χ4v) is 4.29. The van der Waals surface area contributed by atoms with Gasteiger partial charge in [0.2, 0.25) is 0 Å². The third-order valence-corrected chi connectivity index (χ3v) is 6.52. The molecule has 0 aliphatic heterocycles. The molecular weight excluding hydrogens is 362 g/mol. The van der Waals surface area contributed by atoms with Gasteiger partial charge in [-0.2, -0.15) is 0 Å². The molecule has 1 rings (SSSR count). The van der Waals surface area contributed by atoms with Crippen LogP contribution in [0.3, 0.4) is 0 Å². The van der Waals surface area contributed by atoms with E-state index < -0.39 is 0 Å². The number of aryl methyl sites for hydroxylation is 1. The Hall–Kier alpha value is -0.820. The molecule has 0 unspecified atom stereocenters. The molecule has 0 bridgehead atoms. The summed E-state index contributed by atoms with van der Waals surface area (Å²) in [4.78, 5) is 0. The van der Waals surface area contributed by atoms with Gasteiger partial charge in [-0.1, -0.05) is 134 Å². The van der Waals surface area contributed by atoms with Crippen LogP contribution in [0.2, 0.25) is 0 Å². The minimum Gasteiger partial charge on any atom is -0.312 e. The molecule has 0 fully saturated rings. The van der Waals surface area contributed by atoms with Gasteiger partial charge in [0.1, 0.15) is 0 Å². The minimum atomic E-state index is 0.241. The zero-order valence-corrected chi connectivity index (χ0v) is 20.8. The molecule has 0 aromatic heterocycles. The smallest absolute Gasteiger partial charge is 0.0128 e. The van der Waals surface area contributed by atoms with Gasteiger partial charge in [-0.25, -0.2) is 0 Å². The minimum absolute atomic E-state index is 0.241. The van der Waals surface area contributed by atoms with E-state index in [9.17, 15) is 0 Å². The first-order valence-corrected chi connectivity index (χ1v) is 13.4. The van der Waals surface area contributed by atoms with Crippen molar-refractivity contribution in [3.8, 4) is 0 Å². The first-order chi connectivity index (χ1) is 14.6. The Balaban J connectivity index is 1.80. The standard InChI is InChI=1S/C29H53N/c1-4-5-6-7-8-9-10-11-12-13-14-15-16-17-18-22-27-30-29(2,3)26-25-28-23-20-19-21-24-28/h19-21,23-24,30H,4-18,22,25-27H2,1-3H3. The van der Waals surface area contributed by atoms with Crippen molar-refractivity contribution in [2.45, 2.75) is 142 Å². The van der Waals surface area contributed by atoms with Crippen LogP contribution in [0.25, 0.3) is 0 Å². The maximum absolute atomic E-state index is 3.78. The third kappa shape index (κ3) is 16.9. The largest absolute Gasteiger partial charge is 0.312 e. The average molecular weight is 416 g/mol. The Kier molecular flexibility index (Phi) is 17.2. The van der Waals surface area contributed by atoms with Crippen molar-refractivity contribution in [1.29, 1.82) is 0 Å². The molecular formula is C29H53N. The Labute approximate surface area is 189 Å². The molecule has 1 heteroatoms. The Bertz CT molecular complexity index is 465. The summed E-state index contributed by atoms with van der Waals surface area (Å²) in [5.41, 5.74) is 1.69. The molecule has 0 amide bonds. The highest BCUT2D eigenvalue weighted by molar-refractivity contribution is 5.15. The van der Waals surface area contributed by atoms with Crippen molar-refractivity contribution in [2.75, 3.05) is 6.54 Å².